The number of aliphatic imine (C=N–C) groups is 1. The second-order valence-corrected chi connectivity index (χ2v) is 7.75. The molecule has 0 bridgehead atoms. The molecule has 3 rings (SSSR count). The zero-order chi connectivity index (χ0) is 21.7. The summed E-state index contributed by atoms with van der Waals surface area (Å²) in [5, 5.41) is 8.32. The number of nitrogens with one attached hydrogen (secondary N) is 2. The molecule has 0 fully saturated rings. The topological polar surface area (TPSA) is 119 Å². The fraction of sp³-hybridized carbons (Fsp3) is 0.368. The van der Waals surface area contributed by atoms with Gasteiger partial charge in [0.25, 0.3) is 0 Å². The molecule has 4 N–H and O–H groups in total. The number of carbonyl (C=O) groups is 2. The highest BCUT2D eigenvalue weighted by atomic mass is 35.5. The van der Waals surface area contributed by atoms with Gasteiger partial charge in [0, 0.05) is 25.4 Å². The first kappa shape index (κ1) is 21.6. The summed E-state index contributed by atoms with van der Waals surface area (Å²) in [5.74, 6) is -0.464. The van der Waals surface area contributed by atoms with Gasteiger partial charge in [-0.2, -0.15) is 0 Å². The summed E-state index contributed by atoms with van der Waals surface area (Å²) in [5.41, 5.74) is 9.43. The number of hydrazine groups is 2. The summed E-state index contributed by atoms with van der Waals surface area (Å²) in [4.78, 5) is 32.0. The van der Waals surface area contributed by atoms with Crippen LogP contribution in [0.25, 0.3) is 0 Å². The standard InChI is InChI=1S/C19H25ClN8O2/c1-19(2,17-15(20)5-3-7-23-17)25-26-12-14(11-22-13-26)27-9-4-10-28(27)18(30)24-8-6-16(21)29/h3-5,7,9,11,13,25H,6,8,10,12H2,1-2H3,(H2,21,29)(H,24,30). The monoisotopic (exact) mass is 432 g/mol. The van der Waals surface area contributed by atoms with Crippen molar-refractivity contribution < 1.29 is 9.59 Å². The Morgan fingerprint density at radius 1 is 1.37 bits per heavy atom. The third-order valence-corrected chi connectivity index (χ3v) is 4.80. The largest absolute Gasteiger partial charge is 0.370 e. The summed E-state index contributed by atoms with van der Waals surface area (Å²) in [7, 11) is 0. The van der Waals surface area contributed by atoms with Crippen LogP contribution < -0.4 is 16.5 Å². The van der Waals surface area contributed by atoms with Crippen LogP contribution in [-0.4, -0.2) is 57.9 Å². The third-order valence-electron chi connectivity index (χ3n) is 4.50. The van der Waals surface area contributed by atoms with Crippen molar-refractivity contribution in [3.8, 4) is 0 Å². The number of pyridine rings is 1. The lowest BCUT2D eigenvalue weighted by Crippen LogP contribution is -2.53. The predicted molar refractivity (Wildman–Crippen MR) is 114 cm³/mol. The van der Waals surface area contributed by atoms with Crippen molar-refractivity contribution in [2.75, 3.05) is 19.6 Å². The van der Waals surface area contributed by atoms with Crippen LogP contribution in [-0.2, 0) is 10.3 Å². The van der Waals surface area contributed by atoms with E-state index in [0.717, 1.165) is 5.70 Å². The van der Waals surface area contributed by atoms with Gasteiger partial charge < -0.3 is 11.1 Å². The number of nitrogens with zero attached hydrogens (tertiary/aromatic N) is 5. The smallest absolute Gasteiger partial charge is 0.336 e. The number of aromatic nitrogens is 1. The molecule has 0 radical (unpaired) electrons. The average molecular weight is 433 g/mol. The van der Waals surface area contributed by atoms with E-state index in [1.165, 1.54) is 5.01 Å². The Morgan fingerprint density at radius 2 is 2.17 bits per heavy atom. The van der Waals surface area contributed by atoms with Crippen molar-refractivity contribution in [1.82, 2.24) is 30.8 Å². The van der Waals surface area contributed by atoms with Gasteiger partial charge in [0.15, 0.2) is 0 Å². The van der Waals surface area contributed by atoms with E-state index in [0.29, 0.717) is 23.8 Å². The average Bonchev–Trinajstić information content (AvgIpc) is 3.17. The van der Waals surface area contributed by atoms with E-state index in [-0.39, 0.29) is 19.0 Å². The first-order valence-electron chi connectivity index (χ1n) is 9.45. The lowest BCUT2D eigenvalue weighted by molar-refractivity contribution is -0.117. The molecule has 0 unspecified atom stereocenters. The summed E-state index contributed by atoms with van der Waals surface area (Å²) in [6.07, 6.45) is 8.81. The van der Waals surface area contributed by atoms with Crippen LogP contribution in [0.4, 0.5) is 4.79 Å². The maximum Gasteiger partial charge on any atom is 0.336 e. The number of primary amides is 1. The Hall–Kier alpha value is -3.11. The van der Waals surface area contributed by atoms with Crippen molar-refractivity contribution in [2.45, 2.75) is 25.8 Å². The number of hydrogen-bond acceptors (Lipinski definition) is 7. The van der Waals surface area contributed by atoms with E-state index < -0.39 is 11.4 Å². The first-order chi connectivity index (χ1) is 14.3. The molecule has 3 heterocycles. The van der Waals surface area contributed by atoms with E-state index in [2.05, 4.69) is 20.7 Å². The third kappa shape index (κ3) is 5.08. The predicted octanol–water partition coefficient (Wildman–Crippen LogP) is 1.29. The number of carbonyl (C=O) groups excluding carboxylic acids is 2. The molecule has 0 aliphatic carbocycles. The lowest BCUT2D eigenvalue weighted by Gasteiger charge is -2.37. The molecule has 0 aromatic carbocycles. The molecule has 2 aliphatic heterocycles. The number of nitrogens with two attached hydrogens (primary N) is 1. The number of halogens is 1. The van der Waals surface area contributed by atoms with E-state index in [9.17, 15) is 9.59 Å². The van der Waals surface area contributed by atoms with Gasteiger partial charge >= 0.3 is 6.03 Å². The van der Waals surface area contributed by atoms with Crippen LogP contribution in [0.15, 0.2) is 47.5 Å². The molecular weight excluding hydrogens is 408 g/mol. The molecule has 0 atom stereocenters. The van der Waals surface area contributed by atoms with Gasteiger partial charge in [-0.25, -0.2) is 20.2 Å². The lowest BCUT2D eigenvalue weighted by atomic mass is 10.0. The van der Waals surface area contributed by atoms with Gasteiger partial charge in [0.1, 0.15) is 6.34 Å². The summed E-state index contributed by atoms with van der Waals surface area (Å²) >= 11 is 6.31. The summed E-state index contributed by atoms with van der Waals surface area (Å²) in [6, 6.07) is 3.26. The SMILES string of the molecule is CC(C)(NN1C=NC=C(N2C=CCN2C(=O)NCCC(N)=O)C1)c1ncccc1Cl. The van der Waals surface area contributed by atoms with Crippen LogP contribution in [0.5, 0.6) is 0 Å². The van der Waals surface area contributed by atoms with Crippen molar-refractivity contribution in [3.05, 3.63) is 53.2 Å². The molecule has 10 nitrogen and oxygen atoms in total. The highest BCUT2D eigenvalue weighted by molar-refractivity contribution is 6.31. The summed E-state index contributed by atoms with van der Waals surface area (Å²) in [6.45, 7) is 4.99. The molecule has 3 amide bonds. The fourth-order valence-electron chi connectivity index (χ4n) is 3.14. The van der Waals surface area contributed by atoms with Gasteiger partial charge in [0.2, 0.25) is 5.91 Å². The minimum Gasteiger partial charge on any atom is -0.370 e. The van der Waals surface area contributed by atoms with Gasteiger partial charge in [-0.3, -0.25) is 19.8 Å². The molecule has 2 aliphatic rings. The maximum absolute atomic E-state index is 12.5. The molecule has 1 aromatic rings. The van der Waals surface area contributed by atoms with E-state index >= 15 is 0 Å². The Kier molecular flexibility index (Phi) is 6.58. The van der Waals surface area contributed by atoms with E-state index in [1.54, 1.807) is 42.1 Å². The molecule has 0 saturated heterocycles. The first-order valence-corrected chi connectivity index (χ1v) is 9.83. The van der Waals surface area contributed by atoms with Crippen LogP contribution in [0, 0.1) is 0 Å². The Labute approximate surface area is 180 Å². The minimum absolute atomic E-state index is 0.0862. The number of hydrogen-bond donors (Lipinski definition) is 3. The zero-order valence-electron chi connectivity index (χ0n) is 16.9. The number of urea groups is 1. The second-order valence-electron chi connectivity index (χ2n) is 7.34. The van der Waals surface area contributed by atoms with E-state index in [4.69, 9.17) is 17.3 Å². The Bertz CT molecular complexity index is 898. The highest BCUT2D eigenvalue weighted by Gasteiger charge is 2.30. The minimum atomic E-state index is -0.556. The van der Waals surface area contributed by atoms with Gasteiger partial charge in [-0.05, 0) is 32.1 Å². The van der Waals surface area contributed by atoms with Crippen LogP contribution >= 0.6 is 11.6 Å². The number of rotatable bonds is 7. The highest BCUT2D eigenvalue weighted by Crippen LogP contribution is 2.26. The van der Waals surface area contributed by atoms with Gasteiger partial charge in [0.05, 0.1) is 41.2 Å². The van der Waals surface area contributed by atoms with Crippen molar-refractivity contribution >= 4 is 29.9 Å². The van der Waals surface area contributed by atoms with Crippen molar-refractivity contribution in [1.29, 1.82) is 0 Å². The molecule has 1 aromatic heterocycles. The normalized spacial score (nSPS) is 16.1. The molecule has 11 heteroatoms. The molecular formula is C19H25ClN8O2. The molecule has 0 spiro atoms. The van der Waals surface area contributed by atoms with Gasteiger partial charge in [-0.1, -0.05) is 11.6 Å². The van der Waals surface area contributed by atoms with Crippen LogP contribution in [0.3, 0.4) is 0 Å². The fourth-order valence-corrected chi connectivity index (χ4v) is 3.50. The quantitative estimate of drug-likeness (QED) is 0.597. The Balaban J connectivity index is 1.64. The molecule has 0 saturated carbocycles. The van der Waals surface area contributed by atoms with Crippen molar-refractivity contribution in [2.24, 2.45) is 10.7 Å². The number of amides is 3. The van der Waals surface area contributed by atoms with Crippen LogP contribution in [0.1, 0.15) is 26.0 Å². The zero-order valence-corrected chi connectivity index (χ0v) is 17.6. The molecule has 160 valence electrons. The maximum atomic E-state index is 12.5. The van der Waals surface area contributed by atoms with Gasteiger partial charge in [-0.15, -0.1) is 0 Å². The molecule has 30 heavy (non-hydrogen) atoms. The van der Waals surface area contributed by atoms with Crippen LogP contribution in [0.2, 0.25) is 5.02 Å². The second kappa shape index (κ2) is 9.14. The van der Waals surface area contributed by atoms with Crippen molar-refractivity contribution in [3.63, 3.8) is 0 Å². The summed E-state index contributed by atoms with van der Waals surface area (Å²) < 4.78 is 0. The van der Waals surface area contributed by atoms with E-state index in [1.807, 2.05) is 24.9 Å². The Morgan fingerprint density at radius 3 is 2.90 bits per heavy atom.